The Hall–Kier alpha value is -1.58. The summed E-state index contributed by atoms with van der Waals surface area (Å²) in [6.45, 7) is 0. The van der Waals surface area contributed by atoms with E-state index in [0.29, 0.717) is 0 Å². The second kappa shape index (κ2) is 5.85. The van der Waals surface area contributed by atoms with Crippen LogP contribution in [0.2, 0.25) is 5.02 Å². The lowest BCUT2D eigenvalue weighted by atomic mass is 9.99. The number of aromatic nitrogens is 1. The fourth-order valence-corrected chi connectivity index (χ4v) is 2.22. The first-order chi connectivity index (χ1) is 8.72. The van der Waals surface area contributed by atoms with Gasteiger partial charge in [-0.2, -0.15) is 0 Å². The second-order valence-corrected chi connectivity index (χ2v) is 4.55. The van der Waals surface area contributed by atoms with E-state index in [9.17, 15) is 0 Å². The molecule has 1 heterocycles. The van der Waals surface area contributed by atoms with Gasteiger partial charge in [0.25, 0.3) is 0 Å². The quantitative estimate of drug-likeness (QED) is 0.890. The summed E-state index contributed by atoms with van der Waals surface area (Å²) in [5.74, 6) is 0. The van der Waals surface area contributed by atoms with Gasteiger partial charge in [0.15, 0.2) is 0 Å². The van der Waals surface area contributed by atoms with Crippen LogP contribution in [0.4, 0.5) is 5.69 Å². The van der Waals surface area contributed by atoms with E-state index in [-0.39, 0.29) is 6.04 Å². The molecular formula is C14H16ClN3. The molecule has 2 rings (SSSR count). The lowest BCUT2D eigenvalue weighted by molar-refractivity contribution is 0.592. The summed E-state index contributed by atoms with van der Waals surface area (Å²) in [4.78, 5) is 4.11. The Kier molecular flexibility index (Phi) is 4.18. The number of hydrogen-bond acceptors (Lipinski definition) is 3. The maximum absolute atomic E-state index is 6.22. The molecule has 0 aliphatic heterocycles. The molecule has 1 aromatic carbocycles. The Morgan fingerprint density at radius 2 is 2.11 bits per heavy atom. The van der Waals surface area contributed by atoms with Crippen molar-refractivity contribution in [2.45, 2.75) is 12.5 Å². The molecule has 1 unspecified atom stereocenters. The van der Waals surface area contributed by atoms with Crippen LogP contribution in [0.1, 0.15) is 17.2 Å². The lowest BCUT2D eigenvalue weighted by Gasteiger charge is -2.18. The number of anilines is 1. The predicted molar refractivity (Wildman–Crippen MR) is 75.6 cm³/mol. The first-order valence-electron chi connectivity index (χ1n) is 5.82. The van der Waals surface area contributed by atoms with E-state index < -0.39 is 0 Å². The molecule has 94 valence electrons. The van der Waals surface area contributed by atoms with Gasteiger partial charge >= 0.3 is 0 Å². The van der Waals surface area contributed by atoms with Crippen LogP contribution in [-0.2, 0) is 6.42 Å². The minimum absolute atomic E-state index is 0.130. The van der Waals surface area contributed by atoms with Crippen molar-refractivity contribution in [1.82, 2.24) is 10.3 Å². The lowest BCUT2D eigenvalue weighted by Crippen LogP contribution is -2.19. The number of nitrogens with one attached hydrogen (secondary N) is 1. The summed E-state index contributed by atoms with van der Waals surface area (Å²) < 4.78 is 0. The van der Waals surface area contributed by atoms with Crippen molar-refractivity contribution < 1.29 is 0 Å². The van der Waals surface area contributed by atoms with Crippen LogP contribution in [0.3, 0.4) is 0 Å². The molecule has 0 bridgehead atoms. The average molecular weight is 262 g/mol. The molecule has 0 saturated carbocycles. The zero-order valence-corrected chi connectivity index (χ0v) is 11.0. The number of pyridine rings is 1. The number of likely N-dealkylation sites (N-methyl/N-ethyl adjacent to an activating group) is 1. The summed E-state index contributed by atoms with van der Waals surface area (Å²) in [5.41, 5.74) is 8.80. The smallest absolute Gasteiger partial charge is 0.0453 e. The van der Waals surface area contributed by atoms with Crippen molar-refractivity contribution in [2.75, 3.05) is 12.8 Å². The number of halogens is 1. The van der Waals surface area contributed by atoms with Gasteiger partial charge in [0.1, 0.15) is 0 Å². The van der Waals surface area contributed by atoms with E-state index in [0.717, 1.165) is 28.3 Å². The maximum atomic E-state index is 6.22. The Morgan fingerprint density at radius 3 is 2.78 bits per heavy atom. The standard InChI is InChI=1S/C14H16ClN3/c1-17-14(11-4-2-3-5-12(11)15)8-10-9-18-7-6-13(10)16/h2-7,9,14,17H,8H2,1H3,(H2,16,18). The SMILES string of the molecule is CNC(Cc1cnccc1N)c1ccccc1Cl. The van der Waals surface area contributed by atoms with Crippen LogP contribution in [-0.4, -0.2) is 12.0 Å². The van der Waals surface area contributed by atoms with Gasteiger partial charge in [-0.15, -0.1) is 0 Å². The molecule has 3 N–H and O–H groups in total. The number of nitrogens with zero attached hydrogens (tertiary/aromatic N) is 1. The number of benzene rings is 1. The number of rotatable bonds is 4. The topological polar surface area (TPSA) is 50.9 Å². The van der Waals surface area contributed by atoms with Crippen molar-refractivity contribution in [3.05, 3.63) is 58.9 Å². The molecular weight excluding hydrogens is 246 g/mol. The van der Waals surface area contributed by atoms with Crippen LogP contribution in [0.5, 0.6) is 0 Å². The third kappa shape index (κ3) is 2.81. The number of nitrogens with two attached hydrogens (primary N) is 1. The van der Waals surface area contributed by atoms with E-state index in [2.05, 4.69) is 10.3 Å². The van der Waals surface area contributed by atoms with Crippen LogP contribution in [0, 0.1) is 0 Å². The second-order valence-electron chi connectivity index (χ2n) is 4.14. The third-order valence-electron chi connectivity index (χ3n) is 2.99. The molecule has 4 heteroatoms. The fraction of sp³-hybridized carbons (Fsp3) is 0.214. The zero-order valence-electron chi connectivity index (χ0n) is 10.2. The van der Waals surface area contributed by atoms with E-state index in [1.165, 1.54) is 0 Å². The molecule has 2 aromatic rings. The monoisotopic (exact) mass is 261 g/mol. The first-order valence-corrected chi connectivity index (χ1v) is 6.20. The van der Waals surface area contributed by atoms with Gasteiger partial charge in [-0.1, -0.05) is 29.8 Å². The van der Waals surface area contributed by atoms with Crippen LogP contribution < -0.4 is 11.1 Å². The molecule has 0 amide bonds. The van der Waals surface area contributed by atoms with E-state index in [1.54, 1.807) is 12.4 Å². The number of nitrogen functional groups attached to an aromatic ring is 1. The van der Waals surface area contributed by atoms with Gasteiger partial charge in [0.05, 0.1) is 0 Å². The van der Waals surface area contributed by atoms with Crippen molar-refractivity contribution in [1.29, 1.82) is 0 Å². The first kappa shape index (κ1) is 12.9. The molecule has 0 aliphatic rings. The molecule has 0 saturated heterocycles. The fourth-order valence-electron chi connectivity index (χ4n) is 1.95. The normalized spacial score (nSPS) is 12.3. The summed E-state index contributed by atoms with van der Waals surface area (Å²) in [6.07, 6.45) is 4.26. The van der Waals surface area contributed by atoms with Crippen LogP contribution >= 0.6 is 11.6 Å². The molecule has 1 atom stereocenters. The van der Waals surface area contributed by atoms with Gasteiger partial charge in [0, 0.05) is 29.1 Å². The van der Waals surface area contributed by atoms with Gasteiger partial charge in [-0.05, 0) is 36.7 Å². The van der Waals surface area contributed by atoms with Gasteiger partial charge in [-0.25, -0.2) is 0 Å². The highest BCUT2D eigenvalue weighted by atomic mass is 35.5. The average Bonchev–Trinajstić information content (AvgIpc) is 2.39. The van der Waals surface area contributed by atoms with E-state index in [1.807, 2.05) is 37.4 Å². The summed E-state index contributed by atoms with van der Waals surface area (Å²) in [6, 6.07) is 9.78. The third-order valence-corrected chi connectivity index (χ3v) is 3.34. The Labute approximate surface area is 112 Å². The van der Waals surface area contributed by atoms with Crippen LogP contribution in [0.15, 0.2) is 42.7 Å². The molecule has 18 heavy (non-hydrogen) atoms. The van der Waals surface area contributed by atoms with Crippen molar-refractivity contribution >= 4 is 17.3 Å². The van der Waals surface area contributed by atoms with Crippen molar-refractivity contribution in [2.24, 2.45) is 0 Å². The zero-order chi connectivity index (χ0) is 13.0. The van der Waals surface area contributed by atoms with Gasteiger partial charge < -0.3 is 11.1 Å². The van der Waals surface area contributed by atoms with Crippen LogP contribution in [0.25, 0.3) is 0 Å². The van der Waals surface area contributed by atoms with Crippen molar-refractivity contribution in [3.8, 4) is 0 Å². The summed E-state index contributed by atoms with van der Waals surface area (Å²) in [7, 11) is 1.92. The molecule has 1 aromatic heterocycles. The molecule has 0 radical (unpaired) electrons. The largest absolute Gasteiger partial charge is 0.398 e. The highest BCUT2D eigenvalue weighted by Crippen LogP contribution is 2.26. The van der Waals surface area contributed by atoms with Gasteiger partial charge in [0.2, 0.25) is 0 Å². The predicted octanol–water partition coefficient (Wildman–Crippen LogP) is 2.82. The van der Waals surface area contributed by atoms with Gasteiger partial charge in [-0.3, -0.25) is 4.98 Å². The Morgan fingerprint density at radius 1 is 1.33 bits per heavy atom. The Bertz CT molecular complexity index is 528. The molecule has 3 nitrogen and oxygen atoms in total. The highest BCUT2D eigenvalue weighted by Gasteiger charge is 2.14. The summed E-state index contributed by atoms with van der Waals surface area (Å²) >= 11 is 6.22. The molecule has 0 spiro atoms. The molecule has 0 aliphatic carbocycles. The highest BCUT2D eigenvalue weighted by molar-refractivity contribution is 6.31. The van der Waals surface area contributed by atoms with Crippen molar-refractivity contribution in [3.63, 3.8) is 0 Å². The Balaban J connectivity index is 2.26. The van der Waals surface area contributed by atoms with E-state index in [4.69, 9.17) is 17.3 Å². The minimum Gasteiger partial charge on any atom is -0.398 e. The number of hydrogen-bond donors (Lipinski definition) is 2. The summed E-state index contributed by atoms with van der Waals surface area (Å²) in [5, 5.41) is 4.03. The van der Waals surface area contributed by atoms with E-state index >= 15 is 0 Å². The molecule has 0 fully saturated rings. The minimum atomic E-state index is 0.130. The maximum Gasteiger partial charge on any atom is 0.0453 e.